The Labute approximate surface area is 84.9 Å². The van der Waals surface area contributed by atoms with Crippen LogP contribution in [0.25, 0.3) is 0 Å². The Morgan fingerprint density at radius 1 is 1.50 bits per heavy atom. The molecule has 0 atom stereocenters. The van der Waals surface area contributed by atoms with E-state index in [9.17, 15) is 9.90 Å². The van der Waals surface area contributed by atoms with Gasteiger partial charge in [0.1, 0.15) is 0 Å². The van der Waals surface area contributed by atoms with Gasteiger partial charge < -0.3 is 10.4 Å². The number of rotatable bonds is 4. The van der Waals surface area contributed by atoms with Crippen LogP contribution >= 0.6 is 0 Å². The maximum atomic E-state index is 11.4. The predicted octanol–water partition coefficient (Wildman–Crippen LogP) is 0.821. The van der Waals surface area contributed by atoms with Crippen molar-refractivity contribution in [2.75, 3.05) is 6.61 Å². The lowest BCUT2D eigenvalue weighted by molar-refractivity contribution is -0.123. The number of hydrogen-bond acceptors (Lipinski definition) is 2. The van der Waals surface area contributed by atoms with Crippen LogP contribution in [0, 0.1) is 12.3 Å². The minimum absolute atomic E-state index is 0.0365. The summed E-state index contributed by atoms with van der Waals surface area (Å²) in [6.07, 6.45) is 9.82. The van der Waals surface area contributed by atoms with Gasteiger partial charge in [0.05, 0.1) is 12.1 Å². The molecule has 0 aliphatic heterocycles. The third kappa shape index (κ3) is 2.74. The first kappa shape index (κ1) is 11.1. The molecule has 0 unspecified atom stereocenters. The summed E-state index contributed by atoms with van der Waals surface area (Å²) in [5, 5.41) is 12.1. The number of nitrogens with one attached hydrogen (secondary N) is 1. The molecule has 0 saturated heterocycles. The number of terminal acetylenes is 1. The Balaban J connectivity index is 2.40. The Morgan fingerprint density at radius 3 is 2.64 bits per heavy atom. The fourth-order valence-corrected chi connectivity index (χ4v) is 1.92. The second-order valence-electron chi connectivity index (χ2n) is 3.90. The Hall–Kier alpha value is -1.01. The van der Waals surface area contributed by atoms with Gasteiger partial charge in [-0.1, -0.05) is 12.8 Å². The molecule has 3 heteroatoms. The fraction of sp³-hybridized carbons (Fsp3) is 0.727. The van der Waals surface area contributed by atoms with Gasteiger partial charge in [-0.05, 0) is 12.8 Å². The molecule has 0 aromatic carbocycles. The molecule has 0 radical (unpaired) electrons. The highest BCUT2D eigenvalue weighted by Crippen LogP contribution is 2.29. The summed E-state index contributed by atoms with van der Waals surface area (Å²) in [6, 6.07) is 0. The molecular weight excluding hydrogens is 178 g/mol. The van der Waals surface area contributed by atoms with E-state index in [-0.39, 0.29) is 18.1 Å². The van der Waals surface area contributed by atoms with Crippen molar-refractivity contribution < 1.29 is 9.90 Å². The van der Waals surface area contributed by atoms with Crippen molar-refractivity contribution in [1.82, 2.24) is 5.32 Å². The average molecular weight is 195 g/mol. The van der Waals surface area contributed by atoms with Gasteiger partial charge in [-0.15, -0.1) is 12.3 Å². The summed E-state index contributed by atoms with van der Waals surface area (Å²) < 4.78 is 0. The third-order valence-corrected chi connectivity index (χ3v) is 2.76. The zero-order valence-electron chi connectivity index (χ0n) is 8.38. The summed E-state index contributed by atoms with van der Waals surface area (Å²) in [7, 11) is 0. The zero-order chi connectivity index (χ0) is 10.4. The van der Waals surface area contributed by atoms with Crippen molar-refractivity contribution in [3.05, 3.63) is 0 Å². The Morgan fingerprint density at radius 2 is 2.14 bits per heavy atom. The first-order valence-corrected chi connectivity index (χ1v) is 5.08. The lowest BCUT2D eigenvalue weighted by Gasteiger charge is -2.27. The molecule has 0 spiro atoms. The molecule has 1 aliphatic rings. The third-order valence-electron chi connectivity index (χ3n) is 2.76. The van der Waals surface area contributed by atoms with Crippen molar-refractivity contribution in [3.8, 4) is 12.3 Å². The first-order chi connectivity index (χ1) is 6.72. The topological polar surface area (TPSA) is 49.3 Å². The van der Waals surface area contributed by atoms with Crippen LogP contribution in [0.3, 0.4) is 0 Å². The standard InChI is InChI=1S/C11H17NO2/c1-2-3-6-10(14)12-11(9-13)7-4-5-8-11/h1,13H,3-9H2,(H,12,14). The SMILES string of the molecule is C#CCCC(=O)NC1(CO)CCCC1. The first-order valence-electron chi connectivity index (χ1n) is 5.08. The number of aliphatic hydroxyl groups excluding tert-OH is 1. The monoisotopic (exact) mass is 195 g/mol. The van der Waals surface area contributed by atoms with Gasteiger partial charge in [0.15, 0.2) is 0 Å². The van der Waals surface area contributed by atoms with E-state index in [4.69, 9.17) is 6.42 Å². The van der Waals surface area contributed by atoms with E-state index >= 15 is 0 Å². The summed E-state index contributed by atoms with van der Waals surface area (Å²) >= 11 is 0. The van der Waals surface area contributed by atoms with Crippen LogP contribution in [0.15, 0.2) is 0 Å². The van der Waals surface area contributed by atoms with Crippen molar-refractivity contribution in [2.24, 2.45) is 0 Å². The number of carbonyl (C=O) groups is 1. The second kappa shape index (κ2) is 5.02. The Bertz CT molecular complexity index is 236. The van der Waals surface area contributed by atoms with E-state index in [1.807, 2.05) is 0 Å². The van der Waals surface area contributed by atoms with E-state index in [0.717, 1.165) is 25.7 Å². The lowest BCUT2D eigenvalue weighted by Crippen LogP contribution is -2.49. The summed E-state index contributed by atoms with van der Waals surface area (Å²) in [6.45, 7) is 0.0365. The maximum Gasteiger partial charge on any atom is 0.221 e. The van der Waals surface area contributed by atoms with E-state index in [1.54, 1.807) is 0 Å². The summed E-state index contributed by atoms with van der Waals surface area (Å²) in [5.41, 5.74) is -0.355. The molecule has 0 aromatic rings. The van der Waals surface area contributed by atoms with Crippen LogP contribution < -0.4 is 5.32 Å². The molecular formula is C11H17NO2. The summed E-state index contributed by atoms with van der Waals surface area (Å²) in [4.78, 5) is 11.4. The fourth-order valence-electron chi connectivity index (χ4n) is 1.92. The average Bonchev–Trinajstić information content (AvgIpc) is 2.64. The molecule has 1 amide bonds. The van der Waals surface area contributed by atoms with Crippen molar-refractivity contribution in [2.45, 2.75) is 44.1 Å². The smallest absolute Gasteiger partial charge is 0.221 e. The zero-order valence-corrected chi connectivity index (χ0v) is 8.38. The summed E-state index contributed by atoms with van der Waals surface area (Å²) in [5.74, 6) is 2.39. The highest BCUT2D eigenvalue weighted by atomic mass is 16.3. The van der Waals surface area contributed by atoms with Crippen molar-refractivity contribution >= 4 is 5.91 Å². The largest absolute Gasteiger partial charge is 0.394 e. The van der Waals surface area contributed by atoms with Crippen LogP contribution in [0.2, 0.25) is 0 Å². The van der Waals surface area contributed by atoms with Crippen LogP contribution in [0.1, 0.15) is 38.5 Å². The second-order valence-corrected chi connectivity index (χ2v) is 3.90. The van der Waals surface area contributed by atoms with Gasteiger partial charge in [0.25, 0.3) is 0 Å². The lowest BCUT2D eigenvalue weighted by atomic mass is 9.98. The minimum atomic E-state index is -0.355. The molecule has 1 saturated carbocycles. The van der Waals surface area contributed by atoms with Crippen LogP contribution in [-0.2, 0) is 4.79 Å². The van der Waals surface area contributed by atoms with Crippen LogP contribution in [0.5, 0.6) is 0 Å². The highest BCUT2D eigenvalue weighted by molar-refractivity contribution is 5.77. The van der Waals surface area contributed by atoms with Gasteiger partial charge in [-0.3, -0.25) is 4.79 Å². The van der Waals surface area contributed by atoms with Crippen molar-refractivity contribution in [3.63, 3.8) is 0 Å². The van der Waals surface area contributed by atoms with Crippen molar-refractivity contribution in [1.29, 1.82) is 0 Å². The number of aliphatic hydroxyl groups is 1. The molecule has 2 N–H and O–H groups in total. The van der Waals surface area contributed by atoms with Gasteiger partial charge in [-0.25, -0.2) is 0 Å². The van der Waals surface area contributed by atoms with Gasteiger partial charge in [-0.2, -0.15) is 0 Å². The minimum Gasteiger partial charge on any atom is -0.394 e. The number of carbonyl (C=O) groups excluding carboxylic acids is 1. The molecule has 78 valence electrons. The maximum absolute atomic E-state index is 11.4. The number of amides is 1. The molecule has 1 fully saturated rings. The van der Waals surface area contributed by atoms with Gasteiger partial charge in [0.2, 0.25) is 5.91 Å². The van der Waals surface area contributed by atoms with Crippen LogP contribution in [0.4, 0.5) is 0 Å². The predicted molar refractivity (Wildman–Crippen MR) is 54.5 cm³/mol. The molecule has 1 rings (SSSR count). The quantitative estimate of drug-likeness (QED) is 0.652. The molecule has 3 nitrogen and oxygen atoms in total. The number of hydrogen-bond donors (Lipinski definition) is 2. The van der Waals surface area contributed by atoms with E-state index in [1.165, 1.54) is 0 Å². The molecule has 1 aliphatic carbocycles. The Kier molecular flexibility index (Phi) is 3.97. The van der Waals surface area contributed by atoms with E-state index in [2.05, 4.69) is 11.2 Å². The normalized spacial score (nSPS) is 18.9. The van der Waals surface area contributed by atoms with Crippen LogP contribution in [-0.4, -0.2) is 23.2 Å². The molecule has 0 bridgehead atoms. The highest BCUT2D eigenvalue weighted by Gasteiger charge is 2.34. The molecule has 14 heavy (non-hydrogen) atoms. The van der Waals surface area contributed by atoms with Gasteiger partial charge in [0, 0.05) is 12.8 Å². The van der Waals surface area contributed by atoms with E-state index in [0.29, 0.717) is 12.8 Å². The molecule has 0 heterocycles. The van der Waals surface area contributed by atoms with E-state index < -0.39 is 0 Å². The molecule has 0 aromatic heterocycles. The van der Waals surface area contributed by atoms with Gasteiger partial charge >= 0.3 is 0 Å².